The van der Waals surface area contributed by atoms with Crippen molar-refractivity contribution in [3.05, 3.63) is 0 Å². The van der Waals surface area contributed by atoms with Crippen molar-refractivity contribution in [3.8, 4) is 0 Å². The molecular weight excluding hydrogens is 374 g/mol. The molecule has 30 heavy (non-hydrogen) atoms. The Morgan fingerprint density at radius 3 is 2.57 bits per heavy atom. The van der Waals surface area contributed by atoms with Gasteiger partial charge in [0.05, 0.1) is 7.11 Å². The summed E-state index contributed by atoms with van der Waals surface area (Å²) in [6.45, 7) is 9.50. The summed E-state index contributed by atoms with van der Waals surface area (Å²) >= 11 is 0. The van der Waals surface area contributed by atoms with Crippen molar-refractivity contribution in [1.82, 2.24) is 0 Å². The quantitative estimate of drug-likeness (QED) is 0.644. The lowest BCUT2D eigenvalue weighted by Crippen LogP contribution is -2.61. The summed E-state index contributed by atoms with van der Waals surface area (Å²) in [5.41, 5.74) is 6.73. The van der Waals surface area contributed by atoms with Gasteiger partial charge in [-0.3, -0.25) is 9.59 Å². The number of carbonyl (C=O) groups is 2. The molecule has 4 saturated carbocycles. The zero-order valence-corrected chi connectivity index (χ0v) is 19.8. The van der Waals surface area contributed by atoms with Gasteiger partial charge in [0, 0.05) is 24.3 Å². The largest absolute Gasteiger partial charge is 0.469 e. The maximum Gasteiger partial charge on any atom is 0.305 e. The minimum atomic E-state index is -0.203. The molecule has 0 spiro atoms. The van der Waals surface area contributed by atoms with E-state index in [4.69, 9.17) is 10.5 Å². The molecule has 0 amide bonds. The van der Waals surface area contributed by atoms with Crippen LogP contribution >= 0.6 is 0 Å². The SMILES string of the molecule is COC(=O)CCC(C)[C@H]1CCC2C3CC[C@]4(C)C[C@@H](N)CC[C@]4(C)C3CC(=O)[C@@]21C. The lowest BCUT2D eigenvalue weighted by molar-refractivity contribution is -0.171. The van der Waals surface area contributed by atoms with Gasteiger partial charge in [-0.25, -0.2) is 0 Å². The van der Waals surface area contributed by atoms with Crippen molar-refractivity contribution < 1.29 is 14.3 Å². The van der Waals surface area contributed by atoms with E-state index in [0.717, 1.165) is 32.1 Å². The predicted octanol–water partition coefficient (Wildman–Crippen LogP) is 5.13. The molecule has 4 aliphatic rings. The predicted molar refractivity (Wildman–Crippen MR) is 119 cm³/mol. The second-order valence-electron chi connectivity index (χ2n) is 12.1. The molecule has 4 fully saturated rings. The third-order valence-corrected chi connectivity index (χ3v) is 11.1. The van der Waals surface area contributed by atoms with E-state index >= 15 is 0 Å². The van der Waals surface area contributed by atoms with Gasteiger partial charge in [0.1, 0.15) is 5.78 Å². The monoisotopic (exact) mass is 417 g/mol. The maximum absolute atomic E-state index is 13.8. The van der Waals surface area contributed by atoms with Gasteiger partial charge in [0.25, 0.3) is 0 Å². The minimum Gasteiger partial charge on any atom is -0.469 e. The van der Waals surface area contributed by atoms with Gasteiger partial charge in [-0.05, 0) is 91.8 Å². The highest BCUT2D eigenvalue weighted by Crippen LogP contribution is 2.70. The Morgan fingerprint density at radius 1 is 1.13 bits per heavy atom. The number of fused-ring (bicyclic) bond motifs is 5. The molecule has 0 heterocycles. The average molecular weight is 418 g/mol. The Labute approximate surface area is 183 Å². The van der Waals surface area contributed by atoms with Crippen LogP contribution in [-0.2, 0) is 14.3 Å². The van der Waals surface area contributed by atoms with Gasteiger partial charge < -0.3 is 10.5 Å². The summed E-state index contributed by atoms with van der Waals surface area (Å²) in [7, 11) is 1.46. The van der Waals surface area contributed by atoms with Crippen LogP contribution in [0.4, 0.5) is 0 Å². The molecule has 4 heteroatoms. The van der Waals surface area contributed by atoms with E-state index in [-0.39, 0.29) is 22.2 Å². The Bertz CT molecular complexity index is 706. The number of Topliss-reactive ketones (excluding diaryl/α,β-unsaturated/α-hetero) is 1. The molecule has 4 rings (SSSR count). The van der Waals surface area contributed by atoms with E-state index in [1.54, 1.807) is 0 Å². The normalized spacial score (nSPS) is 49.0. The van der Waals surface area contributed by atoms with Gasteiger partial charge in [-0.15, -0.1) is 0 Å². The van der Waals surface area contributed by atoms with Crippen molar-refractivity contribution in [3.63, 3.8) is 0 Å². The summed E-state index contributed by atoms with van der Waals surface area (Å²) in [5, 5.41) is 0. The molecule has 4 aliphatic carbocycles. The molecule has 0 bridgehead atoms. The molecule has 170 valence electrons. The topological polar surface area (TPSA) is 69.4 Å². The molecule has 0 saturated heterocycles. The van der Waals surface area contributed by atoms with Gasteiger partial charge in [0.15, 0.2) is 0 Å². The fourth-order valence-corrected chi connectivity index (χ4v) is 8.99. The van der Waals surface area contributed by atoms with E-state index in [1.807, 2.05) is 0 Å². The van der Waals surface area contributed by atoms with Crippen LogP contribution in [0.15, 0.2) is 0 Å². The van der Waals surface area contributed by atoms with Gasteiger partial charge in [-0.1, -0.05) is 27.7 Å². The molecule has 2 N–H and O–H groups in total. The highest BCUT2D eigenvalue weighted by atomic mass is 16.5. The summed E-state index contributed by atoms with van der Waals surface area (Å²) < 4.78 is 4.85. The standard InChI is InChI=1S/C26H43NO3/c1-16(6-9-23(29)30-5)19-7-8-20-18-11-12-24(2)15-17(27)10-13-25(24,3)21(18)14-22(28)26(19,20)4/h16-21H,6-15,27H2,1-5H3/t16?,17-,18?,19+,20?,21?,24+,25+,26+/m0/s1. The van der Waals surface area contributed by atoms with Crippen molar-refractivity contribution in [2.45, 2.75) is 97.9 Å². The summed E-state index contributed by atoms with van der Waals surface area (Å²) in [5.74, 6) is 2.90. The zero-order chi connectivity index (χ0) is 21.9. The molecule has 0 aromatic carbocycles. The molecular formula is C26H43NO3. The zero-order valence-electron chi connectivity index (χ0n) is 19.8. The first kappa shape index (κ1) is 22.3. The van der Waals surface area contributed by atoms with Crippen molar-refractivity contribution in [1.29, 1.82) is 0 Å². The van der Waals surface area contributed by atoms with Crippen LogP contribution in [-0.4, -0.2) is 24.9 Å². The Kier molecular flexibility index (Phi) is 5.65. The third kappa shape index (κ3) is 3.11. The number of esters is 1. The number of hydrogen-bond donors (Lipinski definition) is 1. The van der Waals surface area contributed by atoms with Crippen LogP contribution < -0.4 is 5.73 Å². The molecule has 9 atom stereocenters. The van der Waals surface area contributed by atoms with E-state index < -0.39 is 0 Å². The van der Waals surface area contributed by atoms with Crippen LogP contribution in [0.25, 0.3) is 0 Å². The van der Waals surface area contributed by atoms with Crippen LogP contribution in [0, 0.1) is 45.8 Å². The third-order valence-electron chi connectivity index (χ3n) is 11.1. The smallest absolute Gasteiger partial charge is 0.305 e. The highest BCUT2D eigenvalue weighted by Gasteiger charge is 2.66. The average Bonchev–Trinajstić information content (AvgIpc) is 3.06. The maximum atomic E-state index is 13.8. The number of hydrogen-bond acceptors (Lipinski definition) is 4. The van der Waals surface area contributed by atoms with Crippen LogP contribution in [0.3, 0.4) is 0 Å². The van der Waals surface area contributed by atoms with Crippen molar-refractivity contribution in [2.24, 2.45) is 51.6 Å². The van der Waals surface area contributed by atoms with E-state index in [9.17, 15) is 9.59 Å². The van der Waals surface area contributed by atoms with E-state index in [1.165, 1.54) is 32.8 Å². The Balaban J connectivity index is 1.57. The molecule has 4 nitrogen and oxygen atoms in total. The minimum absolute atomic E-state index is 0.133. The Morgan fingerprint density at radius 2 is 1.87 bits per heavy atom. The number of carbonyl (C=O) groups excluding carboxylic acids is 2. The lowest BCUT2D eigenvalue weighted by Gasteiger charge is -2.65. The summed E-state index contributed by atoms with van der Waals surface area (Å²) in [4.78, 5) is 25.5. The first-order valence-electron chi connectivity index (χ1n) is 12.4. The number of ketones is 1. The van der Waals surface area contributed by atoms with Crippen LogP contribution in [0.2, 0.25) is 0 Å². The first-order valence-corrected chi connectivity index (χ1v) is 12.4. The van der Waals surface area contributed by atoms with E-state index in [2.05, 4.69) is 27.7 Å². The number of nitrogens with two attached hydrogens (primary N) is 1. The molecule has 0 aromatic heterocycles. The number of ether oxygens (including phenoxy) is 1. The van der Waals surface area contributed by atoms with Gasteiger partial charge in [-0.2, -0.15) is 0 Å². The molecule has 0 aliphatic heterocycles. The fourth-order valence-electron chi connectivity index (χ4n) is 8.99. The van der Waals surface area contributed by atoms with Crippen molar-refractivity contribution in [2.75, 3.05) is 7.11 Å². The van der Waals surface area contributed by atoms with Gasteiger partial charge >= 0.3 is 5.97 Å². The fraction of sp³-hybridized carbons (Fsp3) is 0.923. The van der Waals surface area contributed by atoms with Crippen LogP contribution in [0.1, 0.15) is 91.9 Å². The van der Waals surface area contributed by atoms with Crippen molar-refractivity contribution >= 4 is 11.8 Å². The van der Waals surface area contributed by atoms with Gasteiger partial charge in [0.2, 0.25) is 0 Å². The highest BCUT2D eigenvalue weighted by molar-refractivity contribution is 5.87. The van der Waals surface area contributed by atoms with E-state index in [0.29, 0.717) is 47.8 Å². The first-order chi connectivity index (χ1) is 14.1. The second kappa shape index (κ2) is 7.60. The Hall–Kier alpha value is -0.900. The lowest BCUT2D eigenvalue weighted by atomic mass is 9.40. The molecule has 0 radical (unpaired) electrons. The number of methoxy groups -OCH3 is 1. The summed E-state index contributed by atoms with van der Waals surface area (Å²) in [6, 6.07) is 0.329. The summed E-state index contributed by atoms with van der Waals surface area (Å²) in [6.07, 6.45) is 10.3. The molecule has 0 aromatic rings. The molecule has 4 unspecified atom stereocenters. The van der Waals surface area contributed by atoms with Crippen LogP contribution in [0.5, 0.6) is 0 Å². The number of rotatable bonds is 4. The second-order valence-corrected chi connectivity index (χ2v) is 12.1.